The van der Waals surface area contributed by atoms with Crippen molar-refractivity contribution in [1.29, 1.82) is 0 Å². The number of aliphatic imine (C=N–C) groups is 1. The highest BCUT2D eigenvalue weighted by Crippen LogP contribution is 2.13. The number of rotatable bonds is 2. The molecule has 0 amide bonds. The number of likely N-dealkylation sites (N-methyl/N-ethyl adjacent to an activating group) is 1. The van der Waals surface area contributed by atoms with Gasteiger partial charge in [0.05, 0.1) is 6.54 Å². The lowest BCUT2D eigenvalue weighted by Gasteiger charge is -2.14. The zero-order valence-electron chi connectivity index (χ0n) is 6.21. The Labute approximate surface area is 66.0 Å². The summed E-state index contributed by atoms with van der Waals surface area (Å²) in [6, 6.07) is 0. The Balaban J connectivity index is 2.39. The van der Waals surface area contributed by atoms with Crippen LogP contribution in [0.3, 0.4) is 0 Å². The average molecular weight is 156 g/mol. The molecule has 0 aliphatic carbocycles. The molecule has 0 bridgehead atoms. The van der Waals surface area contributed by atoms with Gasteiger partial charge in [-0.05, 0) is 0 Å². The van der Waals surface area contributed by atoms with E-state index in [0.29, 0.717) is 0 Å². The minimum atomic E-state index is 0.895. The fourth-order valence-electron chi connectivity index (χ4n) is 0.827. The van der Waals surface area contributed by atoms with Gasteiger partial charge in [0.1, 0.15) is 0 Å². The standard InChI is InChI=1S/C7H12N2S/c1-3-5-9(2)7-8-4-6-10-7/h3H,1,4-6H2,2H3. The van der Waals surface area contributed by atoms with E-state index in [1.54, 1.807) is 0 Å². The molecule has 2 nitrogen and oxygen atoms in total. The highest BCUT2D eigenvalue weighted by molar-refractivity contribution is 8.14. The molecule has 0 aromatic carbocycles. The molecule has 0 saturated heterocycles. The molecule has 0 fully saturated rings. The number of thioether (sulfide) groups is 1. The Morgan fingerprint density at radius 2 is 2.70 bits per heavy atom. The van der Waals surface area contributed by atoms with Gasteiger partial charge in [0.2, 0.25) is 0 Å². The van der Waals surface area contributed by atoms with E-state index < -0.39 is 0 Å². The first-order chi connectivity index (χ1) is 4.84. The quantitative estimate of drug-likeness (QED) is 0.558. The van der Waals surface area contributed by atoms with Crippen molar-refractivity contribution in [2.75, 3.05) is 25.9 Å². The van der Waals surface area contributed by atoms with Crippen molar-refractivity contribution in [3.8, 4) is 0 Å². The summed E-state index contributed by atoms with van der Waals surface area (Å²) in [7, 11) is 2.04. The van der Waals surface area contributed by atoms with Crippen LogP contribution >= 0.6 is 11.8 Å². The molecule has 0 N–H and O–H groups in total. The van der Waals surface area contributed by atoms with Gasteiger partial charge in [-0.15, -0.1) is 6.58 Å². The predicted octanol–water partition coefficient (Wildman–Crippen LogP) is 1.21. The number of hydrogen-bond donors (Lipinski definition) is 0. The van der Waals surface area contributed by atoms with Gasteiger partial charge in [0, 0.05) is 19.3 Å². The normalized spacial score (nSPS) is 16.7. The highest BCUT2D eigenvalue weighted by atomic mass is 32.2. The lowest BCUT2D eigenvalue weighted by atomic mass is 10.6. The second-order valence-electron chi connectivity index (χ2n) is 2.18. The Bertz CT molecular complexity index is 154. The molecule has 0 atom stereocenters. The van der Waals surface area contributed by atoms with Crippen molar-refractivity contribution in [2.45, 2.75) is 0 Å². The topological polar surface area (TPSA) is 15.6 Å². The van der Waals surface area contributed by atoms with Crippen molar-refractivity contribution in [2.24, 2.45) is 4.99 Å². The highest BCUT2D eigenvalue weighted by Gasteiger charge is 2.09. The van der Waals surface area contributed by atoms with Gasteiger partial charge >= 0.3 is 0 Å². The maximum absolute atomic E-state index is 4.31. The number of nitrogens with zero attached hydrogens (tertiary/aromatic N) is 2. The Hall–Kier alpha value is -0.440. The summed E-state index contributed by atoms with van der Waals surface area (Å²) >= 11 is 1.82. The maximum Gasteiger partial charge on any atom is 0.159 e. The number of amidine groups is 1. The van der Waals surface area contributed by atoms with Gasteiger partial charge < -0.3 is 4.90 Å². The van der Waals surface area contributed by atoms with Gasteiger partial charge in [-0.2, -0.15) is 0 Å². The molecular weight excluding hydrogens is 144 g/mol. The van der Waals surface area contributed by atoms with E-state index in [2.05, 4.69) is 16.5 Å². The van der Waals surface area contributed by atoms with Gasteiger partial charge in [-0.3, -0.25) is 4.99 Å². The van der Waals surface area contributed by atoms with Crippen LogP contribution in [-0.4, -0.2) is 36.0 Å². The van der Waals surface area contributed by atoms with Crippen LogP contribution < -0.4 is 0 Å². The first kappa shape index (κ1) is 7.66. The van der Waals surface area contributed by atoms with Crippen LogP contribution in [0, 0.1) is 0 Å². The second-order valence-corrected chi connectivity index (χ2v) is 3.24. The smallest absolute Gasteiger partial charge is 0.159 e. The van der Waals surface area contributed by atoms with E-state index in [-0.39, 0.29) is 0 Å². The summed E-state index contributed by atoms with van der Waals surface area (Å²) < 4.78 is 0. The molecular formula is C7H12N2S. The summed E-state index contributed by atoms with van der Waals surface area (Å²) in [5, 5.41) is 1.15. The third kappa shape index (κ3) is 1.77. The molecule has 1 aliphatic heterocycles. The van der Waals surface area contributed by atoms with E-state index in [1.165, 1.54) is 0 Å². The van der Waals surface area contributed by atoms with E-state index >= 15 is 0 Å². The molecule has 0 aromatic heterocycles. The summed E-state index contributed by atoms with van der Waals surface area (Å²) in [6.07, 6.45) is 1.89. The van der Waals surface area contributed by atoms with E-state index in [1.807, 2.05) is 24.9 Å². The van der Waals surface area contributed by atoms with E-state index in [4.69, 9.17) is 0 Å². The molecule has 10 heavy (non-hydrogen) atoms. The van der Waals surface area contributed by atoms with Crippen molar-refractivity contribution >= 4 is 16.9 Å². The monoisotopic (exact) mass is 156 g/mol. The molecule has 0 aromatic rings. The van der Waals surface area contributed by atoms with Crippen LogP contribution in [0.5, 0.6) is 0 Å². The van der Waals surface area contributed by atoms with E-state index in [0.717, 1.165) is 24.0 Å². The molecule has 0 unspecified atom stereocenters. The summed E-state index contributed by atoms with van der Waals surface area (Å²) in [5.74, 6) is 1.14. The summed E-state index contributed by atoms with van der Waals surface area (Å²) in [5.41, 5.74) is 0. The first-order valence-corrected chi connectivity index (χ1v) is 4.32. The largest absolute Gasteiger partial charge is 0.351 e. The Morgan fingerprint density at radius 1 is 1.90 bits per heavy atom. The fraction of sp³-hybridized carbons (Fsp3) is 0.571. The summed E-state index contributed by atoms with van der Waals surface area (Å²) in [6.45, 7) is 5.53. The van der Waals surface area contributed by atoms with E-state index in [9.17, 15) is 0 Å². The summed E-state index contributed by atoms with van der Waals surface area (Å²) in [4.78, 5) is 6.43. The second kappa shape index (κ2) is 3.66. The van der Waals surface area contributed by atoms with Crippen molar-refractivity contribution < 1.29 is 0 Å². The molecule has 0 saturated carbocycles. The fourth-order valence-corrected chi connectivity index (χ4v) is 1.67. The van der Waals surface area contributed by atoms with Crippen LogP contribution in [0.1, 0.15) is 0 Å². The predicted molar refractivity (Wildman–Crippen MR) is 47.6 cm³/mol. The van der Waals surface area contributed by atoms with Crippen LogP contribution in [0.4, 0.5) is 0 Å². The zero-order valence-corrected chi connectivity index (χ0v) is 7.02. The lowest BCUT2D eigenvalue weighted by molar-refractivity contribution is 0.576. The lowest BCUT2D eigenvalue weighted by Crippen LogP contribution is -2.22. The first-order valence-electron chi connectivity index (χ1n) is 3.34. The third-order valence-corrected chi connectivity index (χ3v) is 2.38. The minimum absolute atomic E-state index is 0.895. The van der Waals surface area contributed by atoms with Gasteiger partial charge in [-0.1, -0.05) is 17.8 Å². The number of hydrogen-bond acceptors (Lipinski definition) is 3. The molecule has 56 valence electrons. The Kier molecular flexibility index (Phi) is 2.81. The van der Waals surface area contributed by atoms with Gasteiger partial charge in [-0.25, -0.2) is 0 Å². The SMILES string of the molecule is C=CCN(C)C1=NCCS1. The molecule has 1 rings (SSSR count). The average Bonchev–Trinajstić information content (AvgIpc) is 2.38. The van der Waals surface area contributed by atoms with Gasteiger partial charge in [0.25, 0.3) is 0 Å². The molecule has 1 heterocycles. The zero-order chi connectivity index (χ0) is 7.40. The van der Waals surface area contributed by atoms with Crippen LogP contribution in [0.2, 0.25) is 0 Å². The third-order valence-electron chi connectivity index (χ3n) is 1.30. The van der Waals surface area contributed by atoms with Crippen molar-refractivity contribution in [3.05, 3.63) is 12.7 Å². The minimum Gasteiger partial charge on any atom is -0.351 e. The molecule has 0 spiro atoms. The van der Waals surface area contributed by atoms with Crippen LogP contribution in [0.15, 0.2) is 17.6 Å². The molecule has 1 aliphatic rings. The van der Waals surface area contributed by atoms with Gasteiger partial charge in [0.15, 0.2) is 5.17 Å². The maximum atomic E-state index is 4.31. The Morgan fingerprint density at radius 3 is 3.20 bits per heavy atom. The molecule has 0 radical (unpaired) electrons. The van der Waals surface area contributed by atoms with Crippen molar-refractivity contribution in [1.82, 2.24) is 4.90 Å². The van der Waals surface area contributed by atoms with Crippen LogP contribution in [-0.2, 0) is 0 Å². The van der Waals surface area contributed by atoms with Crippen molar-refractivity contribution in [3.63, 3.8) is 0 Å². The molecule has 3 heteroatoms. The van der Waals surface area contributed by atoms with Crippen LogP contribution in [0.25, 0.3) is 0 Å².